The third-order valence-electron chi connectivity index (χ3n) is 5.87. The van der Waals surface area contributed by atoms with Gasteiger partial charge in [-0.05, 0) is 48.1 Å². The van der Waals surface area contributed by atoms with Gasteiger partial charge < -0.3 is 21.1 Å². The number of para-hydroxylation sites is 1. The molecule has 1 aliphatic rings. The second kappa shape index (κ2) is 9.86. The van der Waals surface area contributed by atoms with Gasteiger partial charge in [0.25, 0.3) is 0 Å². The first-order valence-electron chi connectivity index (χ1n) is 10.7. The normalized spacial score (nSPS) is 16.7. The minimum atomic E-state index is -0.801. The third-order valence-corrected chi connectivity index (χ3v) is 6.88. The number of benzene rings is 2. The Morgan fingerprint density at radius 1 is 1.25 bits per heavy atom. The van der Waals surface area contributed by atoms with Crippen LogP contribution in [0.1, 0.15) is 40.5 Å². The first-order valence-corrected chi connectivity index (χ1v) is 11.6. The molecule has 0 spiro atoms. The Kier molecular flexibility index (Phi) is 6.74. The van der Waals surface area contributed by atoms with Gasteiger partial charge in [-0.15, -0.1) is 11.3 Å². The van der Waals surface area contributed by atoms with Crippen molar-refractivity contribution in [2.45, 2.75) is 31.3 Å². The molecule has 3 aromatic rings. The van der Waals surface area contributed by atoms with Crippen molar-refractivity contribution in [1.82, 2.24) is 5.32 Å². The highest BCUT2D eigenvalue weighted by molar-refractivity contribution is 7.10. The predicted octanol–water partition coefficient (Wildman–Crippen LogP) is 4.59. The molecule has 32 heavy (non-hydrogen) atoms. The summed E-state index contributed by atoms with van der Waals surface area (Å²) in [6.07, 6.45) is 0.820. The van der Waals surface area contributed by atoms with Crippen LogP contribution in [0.3, 0.4) is 0 Å². The maximum absolute atomic E-state index is 11.2. The van der Waals surface area contributed by atoms with E-state index in [1.165, 1.54) is 10.4 Å². The number of hydrogen-bond acceptors (Lipinski definition) is 6. The Labute approximate surface area is 191 Å². The summed E-state index contributed by atoms with van der Waals surface area (Å²) in [4.78, 5) is 12.4. The van der Waals surface area contributed by atoms with Gasteiger partial charge in [0.15, 0.2) is 0 Å². The average molecular weight is 447 g/mol. The molecule has 0 aliphatic carbocycles. The van der Waals surface area contributed by atoms with Gasteiger partial charge in [0.2, 0.25) is 0 Å². The molecule has 164 valence electrons. The summed E-state index contributed by atoms with van der Waals surface area (Å²) >= 11 is 1.61. The smallest absolute Gasteiger partial charge is 0.310 e. The molecule has 0 radical (unpaired) electrons. The van der Waals surface area contributed by atoms with Crippen molar-refractivity contribution in [3.05, 3.63) is 81.5 Å². The topological polar surface area (TPSA) is 97.2 Å². The summed E-state index contributed by atoms with van der Waals surface area (Å²) in [5.41, 5.74) is 4.46. The summed E-state index contributed by atoms with van der Waals surface area (Å²) in [5, 5.41) is 31.4. The van der Waals surface area contributed by atoms with Crippen LogP contribution in [0.5, 0.6) is 0 Å². The molecule has 0 saturated heterocycles. The Hall–Kier alpha value is -3.34. The van der Waals surface area contributed by atoms with Crippen LogP contribution in [0.2, 0.25) is 0 Å². The minimum absolute atomic E-state index is 0.0426. The zero-order chi connectivity index (χ0) is 22.5. The van der Waals surface area contributed by atoms with Crippen molar-refractivity contribution >= 4 is 28.7 Å². The lowest BCUT2D eigenvalue weighted by Crippen LogP contribution is -2.44. The maximum atomic E-state index is 11.2. The number of nitriles is 1. The minimum Gasteiger partial charge on any atom is -0.481 e. The van der Waals surface area contributed by atoms with Crippen molar-refractivity contribution in [2.75, 3.05) is 23.7 Å². The van der Waals surface area contributed by atoms with Crippen molar-refractivity contribution < 1.29 is 9.90 Å². The van der Waals surface area contributed by atoms with Gasteiger partial charge in [-0.2, -0.15) is 5.26 Å². The monoisotopic (exact) mass is 446 g/mol. The molecule has 4 N–H and O–H groups in total. The molecule has 0 unspecified atom stereocenters. The lowest BCUT2D eigenvalue weighted by atomic mass is 9.96. The number of thiophene rings is 1. The van der Waals surface area contributed by atoms with E-state index in [9.17, 15) is 15.2 Å². The number of hydrogen-bond donors (Lipinski definition) is 4. The highest BCUT2D eigenvalue weighted by Crippen LogP contribution is 2.33. The van der Waals surface area contributed by atoms with Gasteiger partial charge in [-0.3, -0.25) is 4.79 Å². The van der Waals surface area contributed by atoms with Crippen LogP contribution < -0.4 is 16.0 Å². The van der Waals surface area contributed by atoms with Crippen LogP contribution in [0.4, 0.5) is 11.4 Å². The summed E-state index contributed by atoms with van der Waals surface area (Å²) in [6, 6.07) is 20.4. The van der Waals surface area contributed by atoms with E-state index >= 15 is 0 Å². The van der Waals surface area contributed by atoms with Gasteiger partial charge in [0.1, 0.15) is 6.07 Å². The van der Waals surface area contributed by atoms with Gasteiger partial charge in [-0.1, -0.05) is 36.4 Å². The molecule has 0 saturated carbocycles. The number of carbonyl (C=O) groups is 1. The summed E-state index contributed by atoms with van der Waals surface area (Å²) in [7, 11) is 0. The number of nitrogens with zero attached hydrogens (tertiary/aromatic N) is 1. The first-order chi connectivity index (χ1) is 15.6. The number of aliphatic carboxylic acids is 1. The fourth-order valence-electron chi connectivity index (χ4n) is 4.01. The van der Waals surface area contributed by atoms with Gasteiger partial charge in [0, 0.05) is 18.0 Å². The molecule has 1 aromatic heterocycles. The van der Waals surface area contributed by atoms with Crippen LogP contribution in [-0.4, -0.2) is 30.2 Å². The quantitative estimate of drug-likeness (QED) is 0.404. The zero-order valence-electron chi connectivity index (χ0n) is 17.8. The SMILES string of the molecule is C[C@@H](C(=O)O)c1csc(CCN[C@H](c2ccccc2)[C@H]2CNc3cccc(C#N)c3N2)c1. The van der Waals surface area contributed by atoms with Crippen LogP contribution >= 0.6 is 11.3 Å². The molecule has 2 heterocycles. The highest BCUT2D eigenvalue weighted by Gasteiger charge is 2.28. The van der Waals surface area contributed by atoms with E-state index in [1.54, 1.807) is 18.3 Å². The molecule has 4 rings (SSSR count). The Morgan fingerprint density at radius 3 is 2.81 bits per heavy atom. The lowest BCUT2D eigenvalue weighted by molar-refractivity contribution is -0.138. The molecule has 0 amide bonds. The Balaban J connectivity index is 1.48. The predicted molar refractivity (Wildman–Crippen MR) is 128 cm³/mol. The number of carboxylic acids is 1. The summed E-state index contributed by atoms with van der Waals surface area (Å²) in [5.74, 6) is -1.29. The summed E-state index contributed by atoms with van der Waals surface area (Å²) in [6.45, 7) is 3.20. The van der Waals surface area contributed by atoms with E-state index in [-0.39, 0.29) is 12.1 Å². The van der Waals surface area contributed by atoms with E-state index < -0.39 is 11.9 Å². The van der Waals surface area contributed by atoms with Crippen molar-refractivity contribution in [3.8, 4) is 6.07 Å². The molecule has 1 aliphatic heterocycles. The maximum Gasteiger partial charge on any atom is 0.310 e. The van der Waals surface area contributed by atoms with Crippen LogP contribution in [-0.2, 0) is 11.2 Å². The largest absolute Gasteiger partial charge is 0.481 e. The van der Waals surface area contributed by atoms with E-state index in [2.05, 4.69) is 34.2 Å². The van der Waals surface area contributed by atoms with Crippen LogP contribution in [0.15, 0.2) is 60.0 Å². The standard InChI is InChI=1S/C25H26N4O2S/c1-16(25(30)31)19-12-20(32-15-19)10-11-27-23(17-6-3-2-4-7-17)22-14-28-21-9-5-8-18(13-26)24(21)29-22/h2-9,12,15-16,22-23,27-29H,10-11,14H2,1H3,(H,30,31)/t16-,22-,23-/m1/s1. The molecule has 6 nitrogen and oxygen atoms in total. The zero-order valence-corrected chi connectivity index (χ0v) is 18.7. The molecule has 7 heteroatoms. The lowest BCUT2D eigenvalue weighted by Gasteiger charge is -2.35. The molecule has 0 bridgehead atoms. The van der Waals surface area contributed by atoms with Crippen molar-refractivity contribution in [2.24, 2.45) is 0 Å². The van der Waals surface area contributed by atoms with Crippen LogP contribution in [0, 0.1) is 11.3 Å². The van der Waals surface area contributed by atoms with E-state index in [4.69, 9.17) is 0 Å². The highest BCUT2D eigenvalue weighted by atomic mass is 32.1. The van der Waals surface area contributed by atoms with Gasteiger partial charge >= 0.3 is 5.97 Å². The van der Waals surface area contributed by atoms with E-state index in [0.29, 0.717) is 5.56 Å². The number of fused-ring (bicyclic) bond motifs is 1. The summed E-state index contributed by atoms with van der Waals surface area (Å²) < 4.78 is 0. The van der Waals surface area contributed by atoms with E-state index in [1.807, 2.05) is 47.8 Å². The molecule has 0 fully saturated rings. The molecular formula is C25H26N4O2S. The van der Waals surface area contributed by atoms with Gasteiger partial charge in [0.05, 0.1) is 34.9 Å². The number of nitrogens with one attached hydrogen (secondary N) is 3. The fraction of sp³-hybridized carbons (Fsp3) is 0.280. The fourth-order valence-corrected chi connectivity index (χ4v) is 4.99. The first kappa shape index (κ1) is 21.9. The third kappa shape index (κ3) is 4.77. The average Bonchev–Trinajstić information content (AvgIpc) is 3.30. The Bertz CT molecular complexity index is 1120. The number of rotatable bonds is 8. The van der Waals surface area contributed by atoms with Crippen LogP contribution in [0.25, 0.3) is 0 Å². The number of carboxylic acid groups (broad SMARTS) is 1. The Morgan fingerprint density at radius 2 is 2.06 bits per heavy atom. The molecule has 3 atom stereocenters. The second-order valence-electron chi connectivity index (χ2n) is 7.97. The molecule has 2 aromatic carbocycles. The van der Waals surface area contributed by atoms with E-state index in [0.717, 1.165) is 36.4 Å². The second-order valence-corrected chi connectivity index (χ2v) is 8.97. The van der Waals surface area contributed by atoms with Crippen molar-refractivity contribution in [3.63, 3.8) is 0 Å². The van der Waals surface area contributed by atoms with Gasteiger partial charge in [-0.25, -0.2) is 0 Å². The molecular weight excluding hydrogens is 420 g/mol. The number of anilines is 2. The van der Waals surface area contributed by atoms with Crippen molar-refractivity contribution in [1.29, 1.82) is 5.26 Å².